The van der Waals surface area contributed by atoms with E-state index >= 15 is 0 Å². The Labute approximate surface area is 282 Å². The van der Waals surface area contributed by atoms with Crippen molar-refractivity contribution in [1.29, 1.82) is 0 Å². The van der Waals surface area contributed by atoms with Gasteiger partial charge < -0.3 is 14.4 Å². The summed E-state index contributed by atoms with van der Waals surface area (Å²) in [6.07, 6.45) is 0. The van der Waals surface area contributed by atoms with E-state index in [0.29, 0.717) is 0 Å². The fourth-order valence-electron chi connectivity index (χ4n) is 4.36. The zero-order chi connectivity index (χ0) is 31.8. The third-order valence-corrected chi connectivity index (χ3v) is 11.0. The van der Waals surface area contributed by atoms with Crippen LogP contribution in [0.5, 0.6) is 0 Å². The van der Waals surface area contributed by atoms with Gasteiger partial charge in [-0.1, -0.05) is 182 Å². The standard InChI is InChI=1S/2C18H15P.3CH2O.Ru/c2*1-4-10-16(11-5-1)19(17-12-6-2-7-13-17)18-14-8-3-9-15-18;3*1-2;/h2*1-15H;3*1H2;. The van der Waals surface area contributed by atoms with Gasteiger partial charge in [0.15, 0.2) is 0 Å². The van der Waals surface area contributed by atoms with Gasteiger partial charge in [0.25, 0.3) is 0 Å². The van der Waals surface area contributed by atoms with E-state index in [2.05, 4.69) is 182 Å². The molecule has 0 radical (unpaired) electrons. The predicted octanol–water partition coefficient (Wildman–Crippen LogP) is 6.33. The van der Waals surface area contributed by atoms with Crippen molar-refractivity contribution in [2.75, 3.05) is 0 Å². The summed E-state index contributed by atoms with van der Waals surface area (Å²) in [6.45, 7) is 6.00. The molecule has 45 heavy (non-hydrogen) atoms. The monoisotopic (exact) mass is 716 g/mol. The first-order valence-electron chi connectivity index (χ1n) is 13.7. The summed E-state index contributed by atoms with van der Waals surface area (Å²) in [4.78, 5) is 24.0. The first-order chi connectivity index (χ1) is 21.9. The Morgan fingerprint density at radius 1 is 0.244 bits per heavy atom. The topological polar surface area (TPSA) is 51.2 Å². The van der Waals surface area contributed by atoms with Crippen LogP contribution in [0.3, 0.4) is 0 Å². The van der Waals surface area contributed by atoms with Crippen LogP contribution >= 0.6 is 15.8 Å². The smallest absolute Gasteiger partial charge is 0.106 e. The maximum absolute atomic E-state index is 8.00. The van der Waals surface area contributed by atoms with E-state index in [9.17, 15) is 0 Å². The molecule has 0 heterocycles. The van der Waals surface area contributed by atoms with Crippen LogP contribution in [0.1, 0.15) is 0 Å². The third-order valence-electron chi connectivity index (χ3n) is 6.09. The largest absolute Gasteiger partial charge is 0.307 e. The maximum Gasteiger partial charge on any atom is 0.106 e. The molecule has 0 spiro atoms. The second-order valence-corrected chi connectivity index (χ2v) is 13.1. The van der Waals surface area contributed by atoms with Gasteiger partial charge in [0.05, 0.1) is 0 Å². The molecule has 6 rings (SSSR count). The van der Waals surface area contributed by atoms with Crippen molar-refractivity contribution in [3.8, 4) is 0 Å². The average molecular weight is 716 g/mol. The Bertz CT molecular complexity index is 1230. The van der Waals surface area contributed by atoms with E-state index in [4.69, 9.17) is 14.4 Å². The molecular weight excluding hydrogens is 679 g/mol. The zero-order valence-corrected chi connectivity index (χ0v) is 28.4. The van der Waals surface area contributed by atoms with Gasteiger partial charge in [-0.2, -0.15) is 0 Å². The van der Waals surface area contributed by atoms with E-state index in [1.54, 1.807) is 0 Å². The van der Waals surface area contributed by atoms with Gasteiger partial charge in [0.2, 0.25) is 0 Å². The second-order valence-electron chi connectivity index (χ2n) is 8.68. The van der Waals surface area contributed by atoms with E-state index < -0.39 is 15.8 Å². The summed E-state index contributed by atoms with van der Waals surface area (Å²) in [6, 6.07) is 64.7. The van der Waals surface area contributed by atoms with Gasteiger partial charge in [-0.05, 0) is 47.7 Å². The minimum Gasteiger partial charge on any atom is -0.307 e. The summed E-state index contributed by atoms with van der Waals surface area (Å²) < 4.78 is 0. The van der Waals surface area contributed by atoms with Crippen molar-refractivity contribution in [2.24, 2.45) is 0 Å². The van der Waals surface area contributed by atoms with Crippen molar-refractivity contribution in [1.82, 2.24) is 0 Å². The maximum atomic E-state index is 8.00. The summed E-state index contributed by atoms with van der Waals surface area (Å²) >= 11 is 0. The van der Waals surface area contributed by atoms with E-state index in [0.717, 1.165) is 0 Å². The second kappa shape index (κ2) is 24.2. The Balaban J connectivity index is 0.000000379. The Hall–Kier alpha value is -4.19. The summed E-state index contributed by atoms with van der Waals surface area (Å²) in [5.74, 6) is 0. The van der Waals surface area contributed by atoms with Crippen LogP contribution in [0.25, 0.3) is 0 Å². The summed E-state index contributed by atoms with van der Waals surface area (Å²) in [5.41, 5.74) is 0. The summed E-state index contributed by atoms with van der Waals surface area (Å²) in [7, 11) is -0.892. The third kappa shape index (κ3) is 12.4. The molecule has 0 amide bonds. The van der Waals surface area contributed by atoms with Gasteiger partial charge in [0.1, 0.15) is 20.4 Å². The van der Waals surface area contributed by atoms with Gasteiger partial charge in [0, 0.05) is 19.5 Å². The molecule has 0 aliphatic carbocycles. The van der Waals surface area contributed by atoms with Crippen LogP contribution in [0.4, 0.5) is 0 Å². The molecule has 228 valence electrons. The fourth-order valence-corrected chi connectivity index (χ4v) is 8.97. The van der Waals surface area contributed by atoms with Gasteiger partial charge in [-0.25, -0.2) is 0 Å². The molecule has 6 aromatic rings. The van der Waals surface area contributed by atoms with Crippen molar-refractivity contribution < 1.29 is 33.9 Å². The van der Waals surface area contributed by atoms with Crippen molar-refractivity contribution in [3.05, 3.63) is 182 Å². The van der Waals surface area contributed by atoms with Crippen molar-refractivity contribution in [2.45, 2.75) is 0 Å². The molecule has 0 unspecified atom stereocenters. The van der Waals surface area contributed by atoms with E-state index in [-0.39, 0.29) is 19.5 Å². The molecule has 0 saturated carbocycles. The SMILES string of the molecule is C=O.C=O.C=O.[Ru].c1ccc(P(c2ccccc2)c2ccccc2)cc1.c1ccc(P(c2ccccc2)c2ccccc2)cc1. The van der Waals surface area contributed by atoms with Gasteiger partial charge in [-0.3, -0.25) is 0 Å². The number of hydrogen-bond donors (Lipinski definition) is 0. The zero-order valence-electron chi connectivity index (χ0n) is 24.9. The van der Waals surface area contributed by atoms with Crippen LogP contribution in [0, 0.1) is 0 Å². The Morgan fingerprint density at radius 3 is 0.467 bits per heavy atom. The van der Waals surface area contributed by atoms with Crippen molar-refractivity contribution in [3.63, 3.8) is 0 Å². The molecule has 0 aromatic heterocycles. The Morgan fingerprint density at radius 2 is 0.356 bits per heavy atom. The predicted molar refractivity (Wildman–Crippen MR) is 192 cm³/mol. The van der Waals surface area contributed by atoms with Crippen LogP contribution in [0.15, 0.2) is 182 Å². The van der Waals surface area contributed by atoms with Crippen molar-refractivity contribution >= 4 is 68.0 Å². The molecule has 0 fully saturated rings. The molecule has 0 saturated heterocycles. The molecule has 6 aromatic carbocycles. The van der Waals surface area contributed by atoms with Gasteiger partial charge in [-0.15, -0.1) is 0 Å². The molecular formula is C39H36O3P2Ru. The molecule has 0 N–H and O–H groups in total. The number of carbonyl (C=O) groups is 3. The number of carbonyl (C=O) groups excluding carboxylic acids is 3. The first kappa shape index (κ1) is 38.8. The fraction of sp³-hybridized carbons (Fsp3) is 0. The van der Waals surface area contributed by atoms with Crippen LogP contribution in [0.2, 0.25) is 0 Å². The number of hydrogen-bond acceptors (Lipinski definition) is 3. The quantitative estimate of drug-likeness (QED) is 0.150. The number of rotatable bonds is 6. The van der Waals surface area contributed by atoms with Crippen LogP contribution in [-0.4, -0.2) is 20.4 Å². The van der Waals surface area contributed by atoms with Crippen LogP contribution in [-0.2, 0) is 33.9 Å². The van der Waals surface area contributed by atoms with E-state index in [1.807, 2.05) is 20.4 Å². The Kier molecular flexibility index (Phi) is 20.9. The van der Waals surface area contributed by atoms with Crippen LogP contribution < -0.4 is 31.8 Å². The molecule has 3 nitrogen and oxygen atoms in total. The molecule has 6 heteroatoms. The minimum atomic E-state index is -0.446. The average Bonchev–Trinajstić information content (AvgIpc) is 3.14. The molecule has 0 bridgehead atoms. The minimum absolute atomic E-state index is 0. The summed E-state index contributed by atoms with van der Waals surface area (Å²) in [5, 5.41) is 8.39. The molecule has 0 atom stereocenters. The van der Waals surface area contributed by atoms with Gasteiger partial charge >= 0.3 is 0 Å². The van der Waals surface area contributed by atoms with E-state index in [1.165, 1.54) is 31.8 Å². The normalized spacial score (nSPS) is 9.20. The first-order valence-corrected chi connectivity index (χ1v) is 16.4. The molecule has 0 aliphatic rings. The number of benzene rings is 6. The molecule has 0 aliphatic heterocycles.